The number of nitrogens with zero attached hydrogens (tertiary/aromatic N) is 3. The van der Waals surface area contributed by atoms with E-state index in [0.717, 1.165) is 38.3 Å². The lowest BCUT2D eigenvalue weighted by atomic mass is 9.78. The Morgan fingerprint density at radius 2 is 1.60 bits per heavy atom. The Balaban J connectivity index is 0.000000671. The van der Waals surface area contributed by atoms with Gasteiger partial charge in [0.15, 0.2) is 0 Å². The molecule has 0 radical (unpaired) electrons. The van der Waals surface area contributed by atoms with Gasteiger partial charge in [0.25, 0.3) is 0 Å². The van der Waals surface area contributed by atoms with E-state index in [-0.39, 0.29) is 23.4 Å². The fraction of sp³-hybridized carbons (Fsp3) is 0.571. The first kappa shape index (κ1) is 37.6. The molecule has 3 N–H and O–H groups in total. The van der Waals surface area contributed by atoms with Crippen LogP contribution in [0.25, 0.3) is 0 Å². The molecule has 0 bridgehead atoms. The number of carbonyl (C=O) groups excluding carboxylic acids is 2. The van der Waals surface area contributed by atoms with Crippen molar-refractivity contribution in [1.29, 1.82) is 0 Å². The molecule has 264 valence electrons. The van der Waals surface area contributed by atoms with Crippen molar-refractivity contribution in [1.82, 2.24) is 25.3 Å². The molecule has 1 unspecified atom stereocenters. The molecule has 2 amide bonds. The quantitative estimate of drug-likeness (QED) is 0.344. The molecule has 5 rings (SSSR count). The number of hydrogen-bond donors (Lipinski definition) is 3. The van der Waals surface area contributed by atoms with Crippen LogP contribution in [0.15, 0.2) is 48.5 Å². The van der Waals surface area contributed by atoms with Gasteiger partial charge in [0.1, 0.15) is 6.04 Å². The molecule has 3 aliphatic rings. The van der Waals surface area contributed by atoms with Crippen molar-refractivity contribution in [3.05, 3.63) is 70.2 Å². The number of halogens is 4. The van der Waals surface area contributed by atoms with Crippen LogP contribution in [0.1, 0.15) is 62.3 Å². The Morgan fingerprint density at radius 3 is 2.19 bits per heavy atom. The van der Waals surface area contributed by atoms with Crippen LogP contribution in [0.3, 0.4) is 0 Å². The summed E-state index contributed by atoms with van der Waals surface area (Å²) in [5, 5.41) is 14.4. The summed E-state index contributed by atoms with van der Waals surface area (Å²) < 4.78 is 31.7. The molecule has 2 atom stereocenters. The standard InChI is InChI=1S/C33H46ClN5O2.C2HF3O2/c1-24(2)22-33(12-14-37(3)15-13-33)39-18-16-38(17-19-39)32(41)30(20-25-8-10-27(34)11-9-25)36-31(40)21-29-28-7-5-4-6-26(28)23-35-29;3-2(4,5)1(6)7/h4-11,24,29-30,35H,12-23H2,1-3H3,(H,36,40);(H,6,7)/t29?,30-;/m1./s1. The number of carboxylic acid groups (broad SMARTS) is 1. The number of piperazine rings is 1. The van der Waals surface area contributed by atoms with Gasteiger partial charge in [0.2, 0.25) is 11.8 Å². The molecule has 2 aromatic rings. The zero-order valence-corrected chi connectivity index (χ0v) is 28.6. The normalized spacial score (nSPS) is 20.4. The maximum Gasteiger partial charge on any atom is 0.490 e. The molecule has 0 aliphatic carbocycles. The first-order valence-corrected chi connectivity index (χ1v) is 16.9. The van der Waals surface area contributed by atoms with Gasteiger partial charge in [-0.15, -0.1) is 0 Å². The number of likely N-dealkylation sites (tertiary alicyclic amines) is 1. The second-order valence-electron chi connectivity index (χ2n) is 13.5. The van der Waals surface area contributed by atoms with E-state index in [1.165, 1.54) is 30.4 Å². The van der Waals surface area contributed by atoms with Crippen LogP contribution in [-0.4, -0.2) is 102 Å². The molecule has 3 heterocycles. The summed E-state index contributed by atoms with van der Waals surface area (Å²) in [6, 6.07) is 15.1. The van der Waals surface area contributed by atoms with Crippen LogP contribution in [0.4, 0.5) is 13.2 Å². The number of rotatable bonds is 9. The first-order valence-electron chi connectivity index (χ1n) is 16.5. The SMILES string of the molecule is CC(C)CC1(N2CCN(C(=O)[C@@H](Cc3ccc(Cl)cc3)NC(=O)CC3NCc4ccccc43)CC2)CCN(C)CC1.O=C(O)C(F)(F)F. The van der Waals surface area contributed by atoms with E-state index in [1.54, 1.807) is 0 Å². The number of alkyl halides is 3. The van der Waals surface area contributed by atoms with Gasteiger partial charge in [0.05, 0.1) is 0 Å². The summed E-state index contributed by atoms with van der Waals surface area (Å²) in [5.41, 5.74) is 3.61. The number of nitrogens with one attached hydrogen (secondary N) is 2. The Hall–Kier alpha value is -3.19. The Morgan fingerprint density at radius 1 is 1.00 bits per heavy atom. The smallest absolute Gasteiger partial charge is 0.475 e. The van der Waals surface area contributed by atoms with E-state index in [9.17, 15) is 22.8 Å². The predicted octanol–water partition coefficient (Wildman–Crippen LogP) is 4.89. The molecule has 13 heteroatoms. The van der Waals surface area contributed by atoms with Gasteiger partial charge in [-0.2, -0.15) is 13.2 Å². The number of carboxylic acids is 1. The lowest BCUT2D eigenvalue weighted by molar-refractivity contribution is -0.192. The summed E-state index contributed by atoms with van der Waals surface area (Å²) in [7, 11) is 2.21. The van der Waals surface area contributed by atoms with Gasteiger partial charge >= 0.3 is 12.1 Å². The van der Waals surface area contributed by atoms with Crippen LogP contribution in [-0.2, 0) is 27.3 Å². The van der Waals surface area contributed by atoms with Crippen molar-refractivity contribution in [3.8, 4) is 0 Å². The van der Waals surface area contributed by atoms with Crippen molar-refractivity contribution in [2.45, 2.75) is 76.3 Å². The minimum atomic E-state index is -5.08. The second kappa shape index (κ2) is 16.5. The first-order chi connectivity index (χ1) is 22.7. The van der Waals surface area contributed by atoms with Gasteiger partial charge in [-0.05, 0) is 74.1 Å². The fourth-order valence-corrected chi connectivity index (χ4v) is 7.25. The fourth-order valence-electron chi connectivity index (χ4n) is 7.12. The molecular weight excluding hydrogens is 647 g/mol. The van der Waals surface area contributed by atoms with E-state index >= 15 is 0 Å². The van der Waals surface area contributed by atoms with Crippen LogP contribution < -0.4 is 10.6 Å². The lowest BCUT2D eigenvalue weighted by Crippen LogP contribution is -2.62. The second-order valence-corrected chi connectivity index (χ2v) is 14.0. The average molecular weight is 694 g/mol. The maximum absolute atomic E-state index is 14.0. The molecule has 2 fully saturated rings. The number of hydrogen-bond acceptors (Lipinski definition) is 6. The van der Waals surface area contributed by atoms with Gasteiger partial charge in [0, 0.05) is 62.2 Å². The highest BCUT2D eigenvalue weighted by molar-refractivity contribution is 6.30. The highest BCUT2D eigenvalue weighted by Gasteiger charge is 2.42. The maximum atomic E-state index is 14.0. The van der Waals surface area contributed by atoms with Crippen LogP contribution >= 0.6 is 11.6 Å². The summed E-state index contributed by atoms with van der Waals surface area (Å²) in [6.07, 6.45) is -0.767. The van der Waals surface area contributed by atoms with E-state index < -0.39 is 18.2 Å². The molecule has 9 nitrogen and oxygen atoms in total. The van der Waals surface area contributed by atoms with E-state index in [4.69, 9.17) is 21.5 Å². The summed E-state index contributed by atoms with van der Waals surface area (Å²) in [6.45, 7) is 10.8. The van der Waals surface area contributed by atoms with Gasteiger partial charge < -0.3 is 25.5 Å². The number of benzene rings is 2. The number of carbonyl (C=O) groups is 3. The molecule has 2 aromatic carbocycles. The summed E-state index contributed by atoms with van der Waals surface area (Å²) >= 11 is 6.12. The molecule has 3 aliphatic heterocycles. The number of aliphatic carboxylic acids is 1. The Bertz CT molecular complexity index is 1390. The third-order valence-electron chi connectivity index (χ3n) is 9.56. The van der Waals surface area contributed by atoms with Gasteiger partial charge in [-0.1, -0.05) is 61.8 Å². The Labute approximate surface area is 285 Å². The zero-order valence-electron chi connectivity index (χ0n) is 27.9. The van der Waals surface area contributed by atoms with Crippen LogP contribution in [0, 0.1) is 5.92 Å². The van der Waals surface area contributed by atoms with Crippen molar-refractivity contribution >= 4 is 29.4 Å². The van der Waals surface area contributed by atoms with Crippen molar-refractivity contribution in [2.24, 2.45) is 5.92 Å². The van der Waals surface area contributed by atoms with Crippen molar-refractivity contribution < 1.29 is 32.7 Å². The molecule has 2 saturated heterocycles. The zero-order chi connectivity index (χ0) is 35.1. The highest BCUT2D eigenvalue weighted by atomic mass is 35.5. The highest BCUT2D eigenvalue weighted by Crippen LogP contribution is 2.35. The molecule has 0 spiro atoms. The summed E-state index contributed by atoms with van der Waals surface area (Å²) in [5.74, 6) is -2.22. The van der Waals surface area contributed by atoms with Crippen LogP contribution in [0.5, 0.6) is 0 Å². The Kier molecular flexibility index (Phi) is 12.9. The summed E-state index contributed by atoms with van der Waals surface area (Å²) in [4.78, 5) is 43.3. The van der Waals surface area contributed by atoms with Crippen LogP contribution in [0.2, 0.25) is 5.02 Å². The van der Waals surface area contributed by atoms with E-state index in [2.05, 4.69) is 53.5 Å². The molecule has 0 aromatic heterocycles. The topological polar surface area (TPSA) is 105 Å². The number of fused-ring (bicyclic) bond motifs is 1. The third kappa shape index (κ3) is 10.2. The lowest BCUT2D eigenvalue weighted by Gasteiger charge is -2.52. The van der Waals surface area contributed by atoms with Gasteiger partial charge in [-0.3, -0.25) is 14.5 Å². The largest absolute Gasteiger partial charge is 0.490 e. The number of amides is 2. The molecule has 48 heavy (non-hydrogen) atoms. The number of piperidine rings is 1. The van der Waals surface area contributed by atoms with E-state index in [1.807, 2.05) is 41.3 Å². The minimum Gasteiger partial charge on any atom is -0.475 e. The minimum absolute atomic E-state index is 0.00835. The van der Waals surface area contributed by atoms with Crippen molar-refractivity contribution in [2.75, 3.05) is 46.3 Å². The predicted molar refractivity (Wildman–Crippen MR) is 178 cm³/mol. The molecular formula is C35H47ClF3N5O4. The van der Waals surface area contributed by atoms with Crippen molar-refractivity contribution in [3.63, 3.8) is 0 Å². The van der Waals surface area contributed by atoms with E-state index in [0.29, 0.717) is 36.9 Å². The third-order valence-corrected chi connectivity index (χ3v) is 9.81. The average Bonchev–Trinajstić information content (AvgIpc) is 3.45. The monoisotopic (exact) mass is 693 g/mol. The molecule has 0 saturated carbocycles. The van der Waals surface area contributed by atoms with Gasteiger partial charge in [-0.25, -0.2) is 4.79 Å².